The molecule has 2 aromatic rings. The Hall–Kier alpha value is -2.60. The predicted molar refractivity (Wildman–Crippen MR) is 111 cm³/mol. The normalized spacial score (nSPS) is 19.4. The summed E-state index contributed by atoms with van der Waals surface area (Å²) >= 11 is 0. The third-order valence-electron chi connectivity index (χ3n) is 5.67. The number of pyridine rings is 1. The number of benzene rings is 1. The highest BCUT2D eigenvalue weighted by Gasteiger charge is 2.31. The van der Waals surface area contributed by atoms with E-state index < -0.39 is 5.60 Å². The molecule has 3 rings (SSSR count). The lowest BCUT2D eigenvalue weighted by Crippen LogP contribution is -2.37. The topological polar surface area (TPSA) is 80.7 Å². The number of aliphatic hydroxyl groups is 1. The molecule has 0 saturated heterocycles. The molecule has 6 heteroatoms. The predicted octanol–water partition coefficient (Wildman–Crippen LogP) is 4.19. The molecule has 1 aliphatic carbocycles. The van der Waals surface area contributed by atoms with Crippen LogP contribution in [0.3, 0.4) is 0 Å². The number of nitrogens with zero attached hydrogens (tertiary/aromatic N) is 1. The molecule has 2 N–H and O–H groups in total. The summed E-state index contributed by atoms with van der Waals surface area (Å²) < 4.78 is 11.0. The molecule has 156 valence electrons. The van der Waals surface area contributed by atoms with Crippen LogP contribution in [0.2, 0.25) is 0 Å². The molecule has 1 saturated carbocycles. The van der Waals surface area contributed by atoms with Gasteiger partial charge in [-0.25, -0.2) is 4.98 Å². The van der Waals surface area contributed by atoms with Gasteiger partial charge in [-0.1, -0.05) is 6.07 Å². The highest BCUT2D eigenvalue weighted by Crippen LogP contribution is 2.35. The van der Waals surface area contributed by atoms with Crippen LogP contribution in [0.15, 0.2) is 42.6 Å². The van der Waals surface area contributed by atoms with Crippen LogP contribution in [-0.2, 0) is 0 Å². The fraction of sp³-hybridized carbons (Fsp3) is 0.478. The molecule has 0 aliphatic heterocycles. The number of nitrogens with one attached hydrogen (secondary N) is 1. The van der Waals surface area contributed by atoms with E-state index >= 15 is 0 Å². The van der Waals surface area contributed by atoms with Crippen molar-refractivity contribution in [3.8, 4) is 17.4 Å². The first-order chi connectivity index (χ1) is 13.9. The SMILES string of the molecule is COc1cccc(Oc2ncccc2C(=O)NCC2CCC(C(C)(C)O)CC2)c1. The first-order valence-corrected chi connectivity index (χ1v) is 10.1. The minimum absolute atomic E-state index is 0.194. The summed E-state index contributed by atoms with van der Waals surface area (Å²) in [5, 5.41) is 13.2. The first-order valence-electron chi connectivity index (χ1n) is 10.1. The molecule has 1 heterocycles. The van der Waals surface area contributed by atoms with Crippen LogP contribution < -0.4 is 14.8 Å². The number of carbonyl (C=O) groups excluding carboxylic acids is 1. The molecule has 6 nitrogen and oxygen atoms in total. The summed E-state index contributed by atoms with van der Waals surface area (Å²) in [7, 11) is 1.59. The van der Waals surface area contributed by atoms with Crippen molar-refractivity contribution < 1.29 is 19.4 Å². The Morgan fingerprint density at radius 2 is 1.90 bits per heavy atom. The van der Waals surface area contributed by atoms with Gasteiger partial charge in [-0.3, -0.25) is 4.79 Å². The number of amides is 1. The Balaban J connectivity index is 1.59. The number of rotatable bonds is 7. The molecular formula is C23H30N2O4. The van der Waals surface area contributed by atoms with Crippen molar-refractivity contribution in [3.05, 3.63) is 48.2 Å². The first kappa shape index (κ1) is 21.1. The van der Waals surface area contributed by atoms with Crippen molar-refractivity contribution >= 4 is 5.91 Å². The van der Waals surface area contributed by atoms with Gasteiger partial charge >= 0.3 is 0 Å². The molecule has 29 heavy (non-hydrogen) atoms. The Labute approximate surface area is 172 Å². The van der Waals surface area contributed by atoms with Gasteiger partial charge in [0, 0.05) is 18.8 Å². The van der Waals surface area contributed by atoms with Crippen LogP contribution in [0.1, 0.15) is 49.9 Å². The fourth-order valence-electron chi connectivity index (χ4n) is 3.83. The van der Waals surface area contributed by atoms with E-state index in [2.05, 4.69) is 10.3 Å². The van der Waals surface area contributed by atoms with Crippen molar-refractivity contribution in [2.45, 2.75) is 45.1 Å². The second-order valence-corrected chi connectivity index (χ2v) is 8.22. The van der Waals surface area contributed by atoms with Gasteiger partial charge in [0.15, 0.2) is 0 Å². The monoisotopic (exact) mass is 398 g/mol. The average Bonchev–Trinajstić information content (AvgIpc) is 2.72. The number of carbonyl (C=O) groups is 1. The standard InChI is InChI=1S/C23H30N2O4/c1-23(2,27)17-11-9-16(10-12-17)15-25-21(26)20-8-5-13-24-22(20)29-19-7-4-6-18(14-19)28-3/h4-8,13-14,16-17,27H,9-12,15H2,1-3H3,(H,25,26). The summed E-state index contributed by atoms with van der Waals surface area (Å²) in [5.41, 5.74) is -0.225. The number of hydrogen-bond donors (Lipinski definition) is 2. The Morgan fingerprint density at radius 3 is 2.59 bits per heavy atom. The number of ether oxygens (including phenoxy) is 2. The van der Waals surface area contributed by atoms with Crippen LogP contribution in [0.5, 0.6) is 17.4 Å². The molecule has 1 aromatic carbocycles. The zero-order valence-electron chi connectivity index (χ0n) is 17.4. The van der Waals surface area contributed by atoms with Gasteiger partial charge < -0.3 is 19.9 Å². The lowest BCUT2D eigenvalue weighted by molar-refractivity contribution is -0.00575. The van der Waals surface area contributed by atoms with E-state index in [-0.39, 0.29) is 11.8 Å². The number of aromatic nitrogens is 1. The molecule has 1 aliphatic rings. The number of hydrogen-bond acceptors (Lipinski definition) is 5. The molecular weight excluding hydrogens is 368 g/mol. The maximum absolute atomic E-state index is 12.7. The van der Waals surface area contributed by atoms with E-state index in [1.165, 1.54) is 0 Å². The molecule has 1 amide bonds. The zero-order valence-corrected chi connectivity index (χ0v) is 17.4. The lowest BCUT2D eigenvalue weighted by Gasteiger charge is -2.35. The highest BCUT2D eigenvalue weighted by molar-refractivity contribution is 5.96. The summed E-state index contributed by atoms with van der Waals surface area (Å²) in [6.07, 6.45) is 5.59. The van der Waals surface area contributed by atoms with Gasteiger partial charge in [0.25, 0.3) is 5.91 Å². The zero-order chi connectivity index (χ0) is 20.9. The largest absolute Gasteiger partial charge is 0.497 e. The fourth-order valence-corrected chi connectivity index (χ4v) is 3.83. The molecule has 0 unspecified atom stereocenters. The average molecular weight is 399 g/mol. The second-order valence-electron chi connectivity index (χ2n) is 8.22. The van der Waals surface area contributed by atoms with Crippen LogP contribution >= 0.6 is 0 Å². The highest BCUT2D eigenvalue weighted by atomic mass is 16.5. The van der Waals surface area contributed by atoms with Crippen LogP contribution in [0.25, 0.3) is 0 Å². The van der Waals surface area contributed by atoms with E-state index in [4.69, 9.17) is 9.47 Å². The summed E-state index contributed by atoms with van der Waals surface area (Å²) in [5.74, 6) is 2.06. The van der Waals surface area contributed by atoms with Gasteiger partial charge in [0.05, 0.1) is 12.7 Å². The van der Waals surface area contributed by atoms with Crippen molar-refractivity contribution in [2.24, 2.45) is 11.8 Å². The molecule has 0 bridgehead atoms. The molecule has 1 fully saturated rings. The maximum atomic E-state index is 12.7. The Bertz CT molecular complexity index is 824. The van der Waals surface area contributed by atoms with Crippen molar-refractivity contribution in [1.29, 1.82) is 0 Å². The molecule has 1 aromatic heterocycles. The van der Waals surface area contributed by atoms with Gasteiger partial charge in [-0.2, -0.15) is 0 Å². The lowest BCUT2D eigenvalue weighted by atomic mass is 9.75. The van der Waals surface area contributed by atoms with E-state index in [1.54, 1.807) is 37.6 Å². The smallest absolute Gasteiger partial charge is 0.256 e. The Kier molecular flexibility index (Phi) is 6.75. The summed E-state index contributed by atoms with van der Waals surface area (Å²) in [4.78, 5) is 17.0. The second kappa shape index (κ2) is 9.27. The maximum Gasteiger partial charge on any atom is 0.256 e. The van der Waals surface area contributed by atoms with Crippen LogP contribution in [0.4, 0.5) is 0 Å². The van der Waals surface area contributed by atoms with Gasteiger partial charge in [-0.05, 0) is 75.6 Å². The van der Waals surface area contributed by atoms with E-state index in [0.717, 1.165) is 25.7 Å². The van der Waals surface area contributed by atoms with Gasteiger partial charge in [-0.15, -0.1) is 0 Å². The van der Waals surface area contributed by atoms with Gasteiger partial charge in [0.1, 0.15) is 17.1 Å². The third kappa shape index (κ3) is 5.70. The van der Waals surface area contributed by atoms with Gasteiger partial charge in [0.2, 0.25) is 5.88 Å². The van der Waals surface area contributed by atoms with E-state index in [1.807, 2.05) is 26.0 Å². The quantitative estimate of drug-likeness (QED) is 0.731. The van der Waals surface area contributed by atoms with E-state index in [9.17, 15) is 9.90 Å². The molecule has 0 atom stereocenters. The van der Waals surface area contributed by atoms with Crippen LogP contribution in [-0.4, -0.2) is 35.3 Å². The minimum atomic E-state index is -0.629. The minimum Gasteiger partial charge on any atom is -0.497 e. The molecule has 0 spiro atoms. The third-order valence-corrected chi connectivity index (χ3v) is 5.67. The summed E-state index contributed by atoms with van der Waals surface area (Å²) in [6.45, 7) is 4.38. The van der Waals surface area contributed by atoms with E-state index in [0.29, 0.717) is 35.4 Å². The molecule has 0 radical (unpaired) electrons. The van der Waals surface area contributed by atoms with Crippen molar-refractivity contribution in [1.82, 2.24) is 10.3 Å². The van der Waals surface area contributed by atoms with Crippen molar-refractivity contribution in [3.63, 3.8) is 0 Å². The van der Waals surface area contributed by atoms with Crippen LogP contribution in [0, 0.1) is 11.8 Å². The number of methoxy groups -OCH3 is 1. The summed E-state index contributed by atoms with van der Waals surface area (Å²) in [6, 6.07) is 10.6. The van der Waals surface area contributed by atoms with Crippen molar-refractivity contribution in [2.75, 3.05) is 13.7 Å². The Morgan fingerprint density at radius 1 is 1.17 bits per heavy atom.